The fraction of sp³-hybridized carbons (Fsp3) is 1.00. The first kappa shape index (κ1) is 11.1. The topological polar surface area (TPSA) is 76.0 Å². The summed E-state index contributed by atoms with van der Waals surface area (Å²) in [7, 11) is -4.34. The Morgan fingerprint density at radius 3 is 2.55 bits per heavy atom. The molecule has 0 atom stereocenters. The van der Waals surface area contributed by atoms with Crippen LogP contribution in [-0.2, 0) is 13.8 Å². The van der Waals surface area contributed by atoms with Crippen LogP contribution in [0.2, 0.25) is 0 Å². The van der Waals surface area contributed by atoms with E-state index in [-0.39, 0.29) is 6.79 Å². The van der Waals surface area contributed by atoms with E-state index in [1.807, 2.05) is 6.92 Å². The van der Waals surface area contributed by atoms with Crippen LogP contribution in [0.15, 0.2) is 0 Å². The lowest BCUT2D eigenvalue weighted by Crippen LogP contribution is -1.99. The van der Waals surface area contributed by atoms with Crippen LogP contribution in [0.1, 0.15) is 19.8 Å². The fourth-order valence-electron chi connectivity index (χ4n) is 0.411. The van der Waals surface area contributed by atoms with Gasteiger partial charge in [0.25, 0.3) is 0 Å². The van der Waals surface area contributed by atoms with Gasteiger partial charge in [0.1, 0.15) is 0 Å². The van der Waals surface area contributed by atoms with Gasteiger partial charge in [0.05, 0.1) is 0 Å². The van der Waals surface area contributed by atoms with Crippen molar-refractivity contribution in [1.29, 1.82) is 0 Å². The largest absolute Gasteiger partial charge is 0.471 e. The van der Waals surface area contributed by atoms with Crippen LogP contribution in [0.3, 0.4) is 0 Å². The van der Waals surface area contributed by atoms with Gasteiger partial charge in [-0.25, -0.2) is 4.57 Å². The van der Waals surface area contributed by atoms with Gasteiger partial charge in [0.2, 0.25) is 0 Å². The molecule has 0 aromatic carbocycles. The molecule has 0 unspecified atom stereocenters. The second kappa shape index (κ2) is 5.69. The summed E-state index contributed by atoms with van der Waals surface area (Å²) < 4.78 is 18.8. The van der Waals surface area contributed by atoms with Crippen molar-refractivity contribution in [3.8, 4) is 0 Å². The second-order valence-corrected chi connectivity index (χ2v) is 3.24. The van der Waals surface area contributed by atoms with Crippen LogP contribution in [0.4, 0.5) is 0 Å². The molecule has 2 N–H and O–H groups in total. The number of unbranched alkanes of at least 4 members (excludes halogenated alkanes) is 1. The van der Waals surface area contributed by atoms with Gasteiger partial charge in [-0.1, -0.05) is 13.3 Å². The lowest BCUT2D eigenvalue weighted by atomic mass is 10.4. The Hall–Kier alpha value is 0.0700. The maximum absolute atomic E-state index is 10.1. The summed E-state index contributed by atoms with van der Waals surface area (Å²) in [5, 5.41) is 0. The normalized spacial score (nSPS) is 11.9. The maximum Gasteiger partial charge on any atom is 0.471 e. The number of hydrogen-bond acceptors (Lipinski definition) is 3. The molecule has 0 heterocycles. The number of phosphoric acid groups is 1. The second-order valence-electron chi connectivity index (χ2n) is 2.00. The third kappa shape index (κ3) is 10.1. The highest BCUT2D eigenvalue weighted by atomic mass is 31.2. The zero-order valence-electron chi connectivity index (χ0n) is 6.39. The molecule has 6 heteroatoms. The van der Waals surface area contributed by atoms with E-state index in [9.17, 15) is 4.57 Å². The molecule has 0 aromatic heterocycles. The summed E-state index contributed by atoms with van der Waals surface area (Å²) in [5.74, 6) is 0. The molecule has 0 aromatic rings. The monoisotopic (exact) mass is 184 g/mol. The predicted molar refractivity (Wildman–Crippen MR) is 38.9 cm³/mol. The lowest BCUT2D eigenvalue weighted by molar-refractivity contribution is -0.00263. The summed E-state index contributed by atoms with van der Waals surface area (Å²) in [6.07, 6.45) is 1.85. The van der Waals surface area contributed by atoms with Crippen molar-refractivity contribution in [2.45, 2.75) is 19.8 Å². The Labute approximate surface area is 65.6 Å². The van der Waals surface area contributed by atoms with E-state index in [0.29, 0.717) is 6.61 Å². The quantitative estimate of drug-likeness (QED) is 0.364. The Bertz CT molecular complexity index is 131. The summed E-state index contributed by atoms with van der Waals surface area (Å²) >= 11 is 0. The van der Waals surface area contributed by atoms with Crippen LogP contribution in [-0.4, -0.2) is 23.2 Å². The van der Waals surface area contributed by atoms with Gasteiger partial charge in [-0.05, 0) is 6.42 Å². The van der Waals surface area contributed by atoms with E-state index >= 15 is 0 Å². The number of rotatable bonds is 6. The molecule has 0 amide bonds. The average Bonchev–Trinajstić information content (AvgIpc) is 1.85. The number of hydrogen-bond donors (Lipinski definition) is 2. The lowest BCUT2D eigenvalue weighted by Gasteiger charge is -2.04. The van der Waals surface area contributed by atoms with Gasteiger partial charge in [-0.3, -0.25) is 4.52 Å². The highest BCUT2D eigenvalue weighted by Crippen LogP contribution is 2.35. The number of ether oxygens (including phenoxy) is 1. The third-order valence-electron chi connectivity index (χ3n) is 0.946. The van der Waals surface area contributed by atoms with Crippen molar-refractivity contribution in [3.63, 3.8) is 0 Å². The van der Waals surface area contributed by atoms with Crippen LogP contribution >= 0.6 is 7.82 Å². The van der Waals surface area contributed by atoms with Crippen molar-refractivity contribution in [2.24, 2.45) is 0 Å². The molecular weight excluding hydrogens is 171 g/mol. The highest BCUT2D eigenvalue weighted by molar-refractivity contribution is 7.46. The molecule has 5 nitrogen and oxygen atoms in total. The standard InChI is InChI=1S/C5H13O5P/c1-2-3-4-9-5-10-11(6,7)8/h2-5H2,1H3,(H2,6,7,8). The molecule has 0 aliphatic carbocycles. The minimum absolute atomic E-state index is 0.343. The molecular formula is C5H13O5P. The number of phosphoric ester groups is 1. The first-order valence-electron chi connectivity index (χ1n) is 3.34. The molecule has 0 aliphatic rings. The first-order chi connectivity index (χ1) is 5.06. The molecule has 0 rings (SSSR count). The van der Waals surface area contributed by atoms with Crippen LogP contribution in [0, 0.1) is 0 Å². The molecule has 0 fully saturated rings. The molecule has 68 valence electrons. The molecule has 0 aliphatic heterocycles. The van der Waals surface area contributed by atoms with Crippen molar-refractivity contribution in [1.82, 2.24) is 0 Å². The maximum atomic E-state index is 10.1. The smallest absolute Gasteiger partial charge is 0.355 e. The zero-order chi connectivity index (χ0) is 8.74. The minimum Gasteiger partial charge on any atom is -0.355 e. The Kier molecular flexibility index (Phi) is 5.72. The van der Waals surface area contributed by atoms with Gasteiger partial charge < -0.3 is 14.5 Å². The summed E-state index contributed by atoms with van der Waals surface area (Å²) in [5.41, 5.74) is 0. The molecule has 11 heavy (non-hydrogen) atoms. The van der Waals surface area contributed by atoms with E-state index in [2.05, 4.69) is 4.52 Å². The van der Waals surface area contributed by atoms with Crippen molar-refractivity contribution in [3.05, 3.63) is 0 Å². The average molecular weight is 184 g/mol. The van der Waals surface area contributed by atoms with Gasteiger partial charge in [0, 0.05) is 6.61 Å². The Balaban J connectivity index is 3.09. The van der Waals surface area contributed by atoms with E-state index in [1.165, 1.54) is 0 Å². The molecule has 0 saturated heterocycles. The Morgan fingerprint density at radius 1 is 1.45 bits per heavy atom. The molecule has 0 bridgehead atoms. The van der Waals surface area contributed by atoms with E-state index in [1.54, 1.807) is 0 Å². The van der Waals surface area contributed by atoms with E-state index in [0.717, 1.165) is 12.8 Å². The van der Waals surface area contributed by atoms with Crippen LogP contribution < -0.4 is 0 Å². The molecule has 0 spiro atoms. The van der Waals surface area contributed by atoms with E-state index < -0.39 is 7.82 Å². The van der Waals surface area contributed by atoms with Crippen LogP contribution in [0.25, 0.3) is 0 Å². The molecule has 0 radical (unpaired) electrons. The van der Waals surface area contributed by atoms with Gasteiger partial charge in [0.15, 0.2) is 6.79 Å². The first-order valence-corrected chi connectivity index (χ1v) is 4.87. The summed E-state index contributed by atoms with van der Waals surface area (Å²) in [4.78, 5) is 16.4. The summed E-state index contributed by atoms with van der Waals surface area (Å²) in [6.45, 7) is 2.12. The zero-order valence-corrected chi connectivity index (χ0v) is 7.29. The van der Waals surface area contributed by atoms with Crippen LogP contribution in [0.5, 0.6) is 0 Å². The van der Waals surface area contributed by atoms with E-state index in [4.69, 9.17) is 14.5 Å². The van der Waals surface area contributed by atoms with Crippen molar-refractivity contribution < 1.29 is 23.6 Å². The van der Waals surface area contributed by atoms with Crippen molar-refractivity contribution >= 4 is 7.82 Å². The molecule has 0 saturated carbocycles. The summed E-state index contributed by atoms with van der Waals surface area (Å²) in [6, 6.07) is 0. The SMILES string of the molecule is CCCCOCOP(=O)(O)O. The minimum atomic E-state index is -4.34. The Morgan fingerprint density at radius 2 is 2.09 bits per heavy atom. The predicted octanol–water partition coefficient (Wildman–Crippen LogP) is 0.870. The highest BCUT2D eigenvalue weighted by Gasteiger charge is 2.12. The van der Waals surface area contributed by atoms with Crippen molar-refractivity contribution in [2.75, 3.05) is 13.4 Å². The third-order valence-corrected chi connectivity index (χ3v) is 1.39. The van der Waals surface area contributed by atoms with Gasteiger partial charge in [-0.2, -0.15) is 0 Å². The van der Waals surface area contributed by atoms with Gasteiger partial charge >= 0.3 is 7.82 Å². The van der Waals surface area contributed by atoms with Gasteiger partial charge in [-0.15, -0.1) is 0 Å². The fourth-order valence-corrected chi connectivity index (χ4v) is 0.623.